The molecule has 1 aromatic heterocycles. The highest BCUT2D eigenvalue weighted by atomic mass is 32.2. The van der Waals surface area contributed by atoms with E-state index in [0.29, 0.717) is 18.8 Å². The van der Waals surface area contributed by atoms with Gasteiger partial charge in [0.2, 0.25) is 15.9 Å². The van der Waals surface area contributed by atoms with Gasteiger partial charge in [0.25, 0.3) is 0 Å². The van der Waals surface area contributed by atoms with Gasteiger partial charge in [0.1, 0.15) is 10.6 Å². The molecule has 2 saturated heterocycles. The lowest BCUT2D eigenvalue weighted by Gasteiger charge is -2.38. The van der Waals surface area contributed by atoms with Crippen molar-refractivity contribution in [1.82, 2.24) is 14.4 Å². The minimum Gasteiger partial charge on any atom is -0.368 e. The molecule has 2 aromatic carbocycles. The number of rotatable bonds is 5. The van der Waals surface area contributed by atoms with Crippen molar-refractivity contribution in [3.05, 3.63) is 76.2 Å². The second kappa shape index (κ2) is 10.2. The van der Waals surface area contributed by atoms with E-state index in [9.17, 15) is 13.2 Å². The molecule has 0 bridgehead atoms. The number of nitrogens with zero attached hydrogens (tertiary/aromatic N) is 4. The van der Waals surface area contributed by atoms with Crippen LogP contribution < -0.4 is 4.90 Å². The van der Waals surface area contributed by atoms with Crippen LogP contribution >= 0.6 is 0 Å². The highest BCUT2D eigenvalue weighted by molar-refractivity contribution is 7.89. The summed E-state index contributed by atoms with van der Waals surface area (Å²) < 4.78 is 33.9. The van der Waals surface area contributed by atoms with E-state index in [2.05, 4.69) is 42.1 Å². The van der Waals surface area contributed by atoms with Crippen LogP contribution in [0.3, 0.4) is 0 Å². The van der Waals surface area contributed by atoms with Gasteiger partial charge < -0.3 is 14.3 Å². The third-order valence-corrected chi connectivity index (χ3v) is 10.0. The summed E-state index contributed by atoms with van der Waals surface area (Å²) in [5, 5.41) is 3.85. The summed E-state index contributed by atoms with van der Waals surface area (Å²) in [5.74, 6) is -0.394. The maximum Gasteiger partial charge on any atom is 0.248 e. The zero-order valence-corrected chi connectivity index (χ0v) is 23.6. The summed E-state index contributed by atoms with van der Waals surface area (Å²) in [5.41, 5.74) is 6.11. The molecule has 2 unspecified atom stereocenters. The average molecular weight is 537 g/mol. The van der Waals surface area contributed by atoms with E-state index in [4.69, 9.17) is 4.52 Å². The summed E-state index contributed by atoms with van der Waals surface area (Å²) in [4.78, 5) is 18.3. The fourth-order valence-electron chi connectivity index (χ4n) is 5.80. The van der Waals surface area contributed by atoms with Crippen molar-refractivity contribution in [3.63, 3.8) is 0 Å². The van der Waals surface area contributed by atoms with Crippen LogP contribution in [-0.2, 0) is 14.8 Å². The van der Waals surface area contributed by atoms with Gasteiger partial charge in [-0.1, -0.05) is 47.1 Å². The minimum absolute atomic E-state index is 0.0210. The summed E-state index contributed by atoms with van der Waals surface area (Å²) in [7, 11) is -3.86. The van der Waals surface area contributed by atoms with Crippen molar-refractivity contribution in [3.8, 4) is 0 Å². The number of carbonyl (C=O) groups excluding carboxylic acids is 1. The second-order valence-electron chi connectivity index (χ2n) is 10.7. The number of hydrogen-bond donors (Lipinski definition) is 0. The van der Waals surface area contributed by atoms with Gasteiger partial charge in [-0.05, 0) is 57.4 Å². The molecule has 3 heterocycles. The SMILES string of the molecule is Cc1ccc(C2CN(S(=O)(=O)c3c(C)noc3C)CC2C(=O)N2CCN(c3cc(C)ccc3C)CC2)cc1. The number of aryl methyl sites for hydroxylation is 5. The fraction of sp³-hybridized carbons (Fsp3) is 0.448. The summed E-state index contributed by atoms with van der Waals surface area (Å²) in [6.45, 7) is 12.6. The summed E-state index contributed by atoms with van der Waals surface area (Å²) in [6, 6.07) is 14.5. The van der Waals surface area contributed by atoms with E-state index in [1.807, 2.05) is 36.1 Å². The standard InChI is InChI=1S/C29H36N4O4S/c1-19-7-10-24(11-8-19)25-17-33(38(35,36)28-22(4)30-37-23(28)5)18-26(25)29(34)32-14-12-31(13-15-32)27-16-20(2)6-9-21(27)3/h6-11,16,25-26H,12-15,17-18H2,1-5H3. The van der Waals surface area contributed by atoms with Crippen LogP contribution in [0.25, 0.3) is 0 Å². The Morgan fingerprint density at radius 1 is 0.895 bits per heavy atom. The molecule has 9 heteroatoms. The quantitative estimate of drug-likeness (QED) is 0.491. The molecule has 2 atom stereocenters. The predicted molar refractivity (Wildman–Crippen MR) is 147 cm³/mol. The van der Waals surface area contributed by atoms with E-state index < -0.39 is 15.9 Å². The lowest BCUT2D eigenvalue weighted by Crippen LogP contribution is -2.51. The number of hydrogen-bond acceptors (Lipinski definition) is 6. The first-order valence-electron chi connectivity index (χ1n) is 13.2. The van der Waals surface area contributed by atoms with E-state index in [1.165, 1.54) is 21.1 Å². The molecule has 3 aromatic rings. The van der Waals surface area contributed by atoms with Gasteiger partial charge >= 0.3 is 0 Å². The topological polar surface area (TPSA) is 87.0 Å². The largest absolute Gasteiger partial charge is 0.368 e. The van der Waals surface area contributed by atoms with Crippen LogP contribution in [0.2, 0.25) is 0 Å². The lowest BCUT2D eigenvalue weighted by molar-refractivity contribution is -0.135. The first-order chi connectivity index (χ1) is 18.1. The highest BCUT2D eigenvalue weighted by Gasteiger charge is 2.46. The average Bonchev–Trinajstić information content (AvgIpc) is 3.50. The summed E-state index contributed by atoms with van der Waals surface area (Å²) in [6.07, 6.45) is 0. The van der Waals surface area contributed by atoms with Crippen molar-refractivity contribution in [2.45, 2.75) is 45.4 Å². The number of carbonyl (C=O) groups is 1. The lowest BCUT2D eigenvalue weighted by atomic mass is 9.87. The van der Waals surface area contributed by atoms with Crippen LogP contribution in [0.5, 0.6) is 0 Å². The first kappa shape index (κ1) is 26.4. The Morgan fingerprint density at radius 3 is 2.18 bits per heavy atom. The van der Waals surface area contributed by atoms with Gasteiger partial charge in [0.05, 0.1) is 5.92 Å². The van der Waals surface area contributed by atoms with Crippen molar-refractivity contribution in [2.75, 3.05) is 44.2 Å². The molecule has 0 spiro atoms. The normalized spacial score (nSPS) is 20.8. The molecule has 0 radical (unpaired) electrons. The molecular formula is C29H36N4O4S. The Morgan fingerprint density at radius 2 is 1.55 bits per heavy atom. The molecule has 38 heavy (non-hydrogen) atoms. The zero-order valence-electron chi connectivity index (χ0n) is 22.8. The van der Waals surface area contributed by atoms with Crippen molar-refractivity contribution in [2.24, 2.45) is 5.92 Å². The van der Waals surface area contributed by atoms with E-state index >= 15 is 0 Å². The maximum absolute atomic E-state index is 14.0. The molecule has 0 N–H and O–H groups in total. The Hall–Kier alpha value is -3.17. The summed E-state index contributed by atoms with van der Waals surface area (Å²) >= 11 is 0. The van der Waals surface area contributed by atoms with Crippen molar-refractivity contribution < 1.29 is 17.7 Å². The van der Waals surface area contributed by atoms with Crippen LogP contribution in [0.4, 0.5) is 5.69 Å². The minimum atomic E-state index is -3.86. The zero-order chi connectivity index (χ0) is 27.2. The van der Waals surface area contributed by atoms with E-state index in [1.54, 1.807) is 13.8 Å². The molecule has 2 aliphatic rings. The number of benzene rings is 2. The maximum atomic E-state index is 14.0. The Bertz CT molecular complexity index is 1420. The predicted octanol–water partition coefficient (Wildman–Crippen LogP) is 3.97. The fourth-order valence-corrected chi connectivity index (χ4v) is 7.58. The van der Waals surface area contributed by atoms with Crippen molar-refractivity contribution in [1.29, 1.82) is 0 Å². The molecule has 2 aliphatic heterocycles. The highest BCUT2D eigenvalue weighted by Crippen LogP contribution is 2.38. The van der Waals surface area contributed by atoms with Gasteiger partial charge in [-0.15, -0.1) is 0 Å². The third kappa shape index (κ3) is 4.85. The first-order valence-corrected chi connectivity index (χ1v) is 14.6. The number of sulfonamides is 1. The molecule has 202 valence electrons. The van der Waals surface area contributed by atoms with Gasteiger partial charge in [0.15, 0.2) is 5.76 Å². The van der Waals surface area contributed by atoms with Gasteiger partial charge in [-0.2, -0.15) is 4.31 Å². The number of anilines is 1. The van der Waals surface area contributed by atoms with Gasteiger partial charge in [-0.3, -0.25) is 4.79 Å². The van der Waals surface area contributed by atoms with E-state index in [0.717, 1.165) is 24.2 Å². The molecule has 0 saturated carbocycles. The Labute approximate surface area is 225 Å². The van der Waals surface area contributed by atoms with Gasteiger partial charge in [0, 0.05) is 50.9 Å². The van der Waals surface area contributed by atoms with Crippen LogP contribution in [0, 0.1) is 40.5 Å². The molecule has 0 aliphatic carbocycles. The van der Waals surface area contributed by atoms with Crippen LogP contribution in [0.15, 0.2) is 51.9 Å². The number of amides is 1. The number of aromatic nitrogens is 1. The molecule has 2 fully saturated rings. The Kier molecular flexibility index (Phi) is 7.09. The van der Waals surface area contributed by atoms with Crippen LogP contribution in [0.1, 0.15) is 39.6 Å². The molecule has 8 nitrogen and oxygen atoms in total. The smallest absolute Gasteiger partial charge is 0.248 e. The second-order valence-corrected chi connectivity index (χ2v) is 12.6. The number of piperazine rings is 1. The molecular weight excluding hydrogens is 500 g/mol. The van der Waals surface area contributed by atoms with Crippen molar-refractivity contribution >= 4 is 21.6 Å². The monoisotopic (exact) mass is 536 g/mol. The third-order valence-electron chi connectivity index (χ3n) is 7.97. The van der Waals surface area contributed by atoms with E-state index in [-0.39, 0.29) is 35.6 Å². The van der Waals surface area contributed by atoms with Crippen LogP contribution in [-0.4, -0.2) is 68.0 Å². The van der Waals surface area contributed by atoms with Gasteiger partial charge in [-0.25, -0.2) is 8.42 Å². The Balaban J connectivity index is 1.39. The molecule has 5 rings (SSSR count). The molecule has 1 amide bonds.